The molecule has 3 rings (SSSR count). The lowest BCUT2D eigenvalue weighted by Gasteiger charge is -2.20. The second-order valence-electron chi connectivity index (χ2n) is 7.55. The molecule has 0 unspecified atom stereocenters. The molecule has 29 heavy (non-hydrogen) atoms. The highest BCUT2D eigenvalue weighted by molar-refractivity contribution is 7.89. The number of nitrogens with one attached hydrogen (secondary N) is 2. The Labute approximate surface area is 176 Å². The topological polar surface area (TPSA) is 70.6 Å². The monoisotopic (exact) mass is 437 g/mol. The summed E-state index contributed by atoms with van der Waals surface area (Å²) in [5.74, 6) is 0.0431. The van der Waals surface area contributed by atoms with Gasteiger partial charge in [0, 0.05) is 36.8 Å². The predicted molar refractivity (Wildman–Crippen MR) is 116 cm³/mol. The van der Waals surface area contributed by atoms with Gasteiger partial charge in [-0.25, -0.2) is 12.8 Å². The Morgan fingerprint density at radius 3 is 2.55 bits per heavy atom. The largest absolute Gasteiger partial charge is 0.356 e. The molecule has 1 aliphatic rings. The average Bonchev–Trinajstić information content (AvgIpc) is 3.44. The van der Waals surface area contributed by atoms with Crippen LogP contribution in [-0.4, -0.2) is 34.2 Å². The van der Waals surface area contributed by atoms with E-state index in [9.17, 15) is 12.8 Å². The zero-order chi connectivity index (χ0) is 21.1. The summed E-state index contributed by atoms with van der Waals surface area (Å²) in [7, 11) is -1.56. The predicted octanol–water partition coefficient (Wildman–Crippen LogP) is 3.42. The molecule has 1 saturated carbocycles. The van der Waals surface area contributed by atoms with Crippen molar-refractivity contribution >= 4 is 27.4 Å². The van der Waals surface area contributed by atoms with Crippen molar-refractivity contribution in [1.29, 1.82) is 0 Å². The lowest BCUT2D eigenvalue weighted by Crippen LogP contribution is -2.41. The second-order valence-corrected chi connectivity index (χ2v) is 10.1. The van der Waals surface area contributed by atoms with Gasteiger partial charge in [0.05, 0.1) is 5.75 Å². The molecule has 0 aromatic heterocycles. The van der Waals surface area contributed by atoms with Crippen LogP contribution in [0.4, 0.5) is 4.39 Å². The first-order chi connectivity index (χ1) is 13.7. The number of rotatable bonds is 7. The van der Waals surface area contributed by atoms with Crippen LogP contribution in [0.1, 0.15) is 29.5 Å². The smallest absolute Gasteiger partial charge is 0.191 e. The van der Waals surface area contributed by atoms with E-state index in [1.54, 1.807) is 7.05 Å². The standard InChI is InChI=1S/C21H25ClFN3O2S/c1-24-20(26-14-21(8-9-21)17-4-3-5-18(22)11-17)25-12-16-10-19(23)7-6-15(16)13-29(2,27)28/h3-7,10-11H,8-9,12-14H2,1-2H3,(H2,24,25,26). The van der Waals surface area contributed by atoms with Gasteiger partial charge in [-0.3, -0.25) is 4.99 Å². The van der Waals surface area contributed by atoms with Crippen LogP contribution in [-0.2, 0) is 27.5 Å². The highest BCUT2D eigenvalue weighted by Crippen LogP contribution is 2.48. The number of benzene rings is 2. The molecular weight excluding hydrogens is 413 g/mol. The van der Waals surface area contributed by atoms with Crippen LogP contribution in [0.25, 0.3) is 0 Å². The molecule has 2 N–H and O–H groups in total. The summed E-state index contributed by atoms with van der Waals surface area (Å²) in [5.41, 5.74) is 2.42. The minimum Gasteiger partial charge on any atom is -0.356 e. The summed E-state index contributed by atoms with van der Waals surface area (Å²) in [6, 6.07) is 12.0. The van der Waals surface area contributed by atoms with Crippen molar-refractivity contribution in [3.8, 4) is 0 Å². The van der Waals surface area contributed by atoms with Crippen LogP contribution in [0.15, 0.2) is 47.5 Å². The number of hydrogen-bond acceptors (Lipinski definition) is 3. The van der Waals surface area contributed by atoms with Gasteiger partial charge in [0.15, 0.2) is 15.8 Å². The minimum absolute atomic E-state index is 0.0445. The van der Waals surface area contributed by atoms with Crippen molar-refractivity contribution in [2.75, 3.05) is 19.8 Å². The minimum atomic E-state index is -3.22. The Balaban J connectivity index is 1.64. The van der Waals surface area contributed by atoms with Gasteiger partial charge in [-0.1, -0.05) is 29.8 Å². The van der Waals surface area contributed by atoms with E-state index < -0.39 is 15.7 Å². The first-order valence-corrected chi connectivity index (χ1v) is 11.8. The Hall–Kier alpha value is -2.12. The van der Waals surface area contributed by atoms with Crippen LogP contribution in [0, 0.1) is 5.82 Å². The van der Waals surface area contributed by atoms with E-state index in [4.69, 9.17) is 11.6 Å². The van der Waals surface area contributed by atoms with Crippen molar-refractivity contribution in [3.63, 3.8) is 0 Å². The van der Waals surface area contributed by atoms with Gasteiger partial charge in [0.25, 0.3) is 0 Å². The first-order valence-electron chi connectivity index (χ1n) is 9.36. The van der Waals surface area contributed by atoms with Crippen LogP contribution in [0.3, 0.4) is 0 Å². The van der Waals surface area contributed by atoms with Gasteiger partial charge >= 0.3 is 0 Å². The SMILES string of the molecule is CN=C(NCc1cc(F)ccc1CS(C)(=O)=O)NCC1(c2cccc(Cl)c2)CC1. The third-order valence-electron chi connectivity index (χ3n) is 5.14. The molecule has 5 nitrogen and oxygen atoms in total. The summed E-state index contributed by atoms with van der Waals surface area (Å²) in [5, 5.41) is 7.20. The van der Waals surface area contributed by atoms with Crippen molar-refractivity contribution in [3.05, 3.63) is 70.0 Å². The number of nitrogens with zero attached hydrogens (tertiary/aromatic N) is 1. The van der Waals surface area contributed by atoms with Crippen molar-refractivity contribution in [2.24, 2.45) is 4.99 Å². The van der Waals surface area contributed by atoms with Crippen LogP contribution >= 0.6 is 11.6 Å². The first kappa shape index (κ1) is 21.6. The summed E-state index contributed by atoms with van der Waals surface area (Å²) in [6.45, 7) is 0.971. The molecule has 0 atom stereocenters. The number of halogens is 2. The zero-order valence-electron chi connectivity index (χ0n) is 16.5. The third-order valence-corrected chi connectivity index (χ3v) is 6.21. The molecule has 0 radical (unpaired) electrons. The van der Waals surface area contributed by atoms with E-state index in [1.165, 1.54) is 30.0 Å². The summed E-state index contributed by atoms with van der Waals surface area (Å²) < 4.78 is 37.0. The van der Waals surface area contributed by atoms with Gasteiger partial charge in [-0.2, -0.15) is 0 Å². The fourth-order valence-electron chi connectivity index (χ4n) is 3.37. The molecule has 0 amide bonds. The normalized spacial score (nSPS) is 15.8. The Bertz CT molecular complexity index is 1020. The maximum absolute atomic E-state index is 13.7. The van der Waals surface area contributed by atoms with E-state index in [0.29, 0.717) is 23.6 Å². The number of aliphatic imine (C=N–C) groups is 1. The second kappa shape index (κ2) is 8.71. The van der Waals surface area contributed by atoms with Gasteiger partial charge in [-0.05, 0) is 53.8 Å². The molecular formula is C21H25ClFN3O2S. The van der Waals surface area contributed by atoms with Crippen LogP contribution in [0.5, 0.6) is 0 Å². The van der Waals surface area contributed by atoms with Crippen molar-refractivity contribution < 1.29 is 12.8 Å². The Morgan fingerprint density at radius 1 is 1.17 bits per heavy atom. The highest BCUT2D eigenvalue weighted by Gasteiger charge is 2.44. The maximum atomic E-state index is 13.7. The fraction of sp³-hybridized carbons (Fsp3) is 0.381. The molecule has 1 fully saturated rings. The fourth-order valence-corrected chi connectivity index (χ4v) is 4.41. The molecule has 156 valence electrons. The number of sulfone groups is 1. The van der Waals surface area contributed by atoms with Crippen LogP contribution < -0.4 is 10.6 Å². The molecule has 0 aliphatic heterocycles. The Morgan fingerprint density at radius 2 is 1.93 bits per heavy atom. The molecule has 2 aromatic rings. The van der Waals surface area contributed by atoms with E-state index in [2.05, 4.69) is 21.7 Å². The zero-order valence-corrected chi connectivity index (χ0v) is 18.1. The molecule has 0 saturated heterocycles. The van der Waals surface area contributed by atoms with Crippen molar-refractivity contribution in [2.45, 2.75) is 30.6 Å². The van der Waals surface area contributed by atoms with Gasteiger partial charge in [-0.15, -0.1) is 0 Å². The van der Waals surface area contributed by atoms with Gasteiger partial charge in [0.1, 0.15) is 5.82 Å². The molecule has 2 aromatic carbocycles. The summed E-state index contributed by atoms with van der Waals surface area (Å²) >= 11 is 6.13. The third kappa shape index (κ3) is 5.93. The Kier molecular flexibility index (Phi) is 6.49. The number of guanidine groups is 1. The van der Waals surface area contributed by atoms with Gasteiger partial charge in [0.2, 0.25) is 0 Å². The summed E-state index contributed by atoms with van der Waals surface area (Å²) in [4.78, 5) is 4.23. The molecule has 8 heteroatoms. The van der Waals surface area contributed by atoms with E-state index >= 15 is 0 Å². The number of hydrogen-bond donors (Lipinski definition) is 2. The lowest BCUT2D eigenvalue weighted by molar-refractivity contribution is 0.599. The van der Waals surface area contributed by atoms with E-state index in [-0.39, 0.29) is 17.7 Å². The average molecular weight is 438 g/mol. The van der Waals surface area contributed by atoms with Crippen molar-refractivity contribution in [1.82, 2.24) is 10.6 Å². The highest BCUT2D eigenvalue weighted by atomic mass is 35.5. The lowest BCUT2D eigenvalue weighted by atomic mass is 9.96. The molecule has 0 heterocycles. The van der Waals surface area contributed by atoms with E-state index in [1.807, 2.05) is 18.2 Å². The van der Waals surface area contributed by atoms with Gasteiger partial charge < -0.3 is 10.6 Å². The maximum Gasteiger partial charge on any atom is 0.191 e. The molecule has 0 bridgehead atoms. The van der Waals surface area contributed by atoms with Crippen LogP contribution in [0.2, 0.25) is 5.02 Å². The quantitative estimate of drug-likeness (QED) is 0.514. The summed E-state index contributed by atoms with van der Waals surface area (Å²) in [6.07, 6.45) is 3.30. The molecule has 1 aliphatic carbocycles. The molecule has 0 spiro atoms. The van der Waals surface area contributed by atoms with E-state index in [0.717, 1.165) is 17.9 Å².